The largest absolute Gasteiger partial charge is 0.378 e. The first kappa shape index (κ1) is 18.7. The zero-order chi connectivity index (χ0) is 18.9. The monoisotopic (exact) mass is 429 g/mol. The lowest BCUT2D eigenvalue weighted by molar-refractivity contribution is 0.590. The van der Waals surface area contributed by atoms with Crippen molar-refractivity contribution in [3.05, 3.63) is 83.4 Å². The highest BCUT2D eigenvalue weighted by molar-refractivity contribution is 9.10. The fraction of sp³-hybridized carbons (Fsp3) is 0.143. The van der Waals surface area contributed by atoms with E-state index in [1.54, 1.807) is 12.1 Å². The molecule has 3 nitrogen and oxygen atoms in total. The minimum absolute atomic E-state index is 0.272. The van der Waals surface area contributed by atoms with Gasteiger partial charge in [0.05, 0.1) is 4.90 Å². The van der Waals surface area contributed by atoms with E-state index in [9.17, 15) is 8.42 Å². The Morgan fingerprint density at radius 1 is 1.04 bits per heavy atom. The normalized spacial score (nSPS) is 12.7. The molecule has 1 unspecified atom stereocenters. The Kier molecular flexibility index (Phi) is 5.21. The Labute approximate surface area is 163 Å². The molecule has 0 radical (unpaired) electrons. The Bertz CT molecular complexity index is 1070. The Balaban J connectivity index is 2.20. The molecular weight excluding hydrogens is 410 g/mol. The molecule has 0 spiro atoms. The predicted octanol–water partition coefficient (Wildman–Crippen LogP) is 5.37. The van der Waals surface area contributed by atoms with Gasteiger partial charge in [-0.15, -0.1) is 6.58 Å². The number of benzene rings is 3. The van der Waals surface area contributed by atoms with Crippen LogP contribution in [0.25, 0.3) is 10.8 Å². The quantitative estimate of drug-likeness (QED) is 0.511. The maximum Gasteiger partial charge on any atom is 0.189 e. The second-order valence-corrected chi connectivity index (χ2v) is 9.29. The van der Waals surface area contributed by atoms with Crippen LogP contribution in [0.1, 0.15) is 10.8 Å². The summed E-state index contributed by atoms with van der Waals surface area (Å²) in [5.74, 6) is 0. The van der Waals surface area contributed by atoms with Gasteiger partial charge in [-0.1, -0.05) is 64.5 Å². The summed E-state index contributed by atoms with van der Waals surface area (Å²) >= 11 is 3.42. The zero-order valence-corrected chi connectivity index (χ0v) is 17.1. The molecule has 26 heavy (non-hydrogen) atoms. The Morgan fingerprint density at radius 2 is 1.73 bits per heavy atom. The molecule has 0 aliphatic heterocycles. The van der Waals surface area contributed by atoms with Gasteiger partial charge in [-0.05, 0) is 34.5 Å². The fourth-order valence-corrected chi connectivity index (χ4v) is 5.33. The minimum Gasteiger partial charge on any atom is -0.378 e. The van der Waals surface area contributed by atoms with E-state index in [1.807, 2.05) is 67.5 Å². The van der Waals surface area contributed by atoms with Crippen LogP contribution in [-0.4, -0.2) is 22.5 Å². The van der Waals surface area contributed by atoms with E-state index in [-0.39, 0.29) is 4.90 Å². The van der Waals surface area contributed by atoms with Gasteiger partial charge < -0.3 is 4.90 Å². The number of fused-ring (bicyclic) bond motifs is 1. The average Bonchev–Trinajstić information content (AvgIpc) is 2.61. The van der Waals surface area contributed by atoms with Gasteiger partial charge in [-0.2, -0.15) is 0 Å². The second kappa shape index (κ2) is 7.25. The van der Waals surface area contributed by atoms with Gasteiger partial charge in [-0.3, -0.25) is 0 Å². The van der Waals surface area contributed by atoms with Crippen molar-refractivity contribution < 1.29 is 8.42 Å². The lowest BCUT2D eigenvalue weighted by atomic mass is 10.0. The molecule has 3 rings (SSSR count). The molecule has 1 atom stereocenters. The van der Waals surface area contributed by atoms with E-state index in [2.05, 4.69) is 22.5 Å². The smallest absolute Gasteiger partial charge is 0.189 e. The van der Waals surface area contributed by atoms with E-state index in [0.717, 1.165) is 26.5 Å². The molecule has 0 aromatic heterocycles. The first-order valence-electron chi connectivity index (χ1n) is 8.16. The highest BCUT2D eigenvalue weighted by Gasteiger charge is 2.28. The van der Waals surface area contributed by atoms with Crippen molar-refractivity contribution in [1.82, 2.24) is 0 Å². The first-order chi connectivity index (χ1) is 12.3. The molecule has 0 saturated heterocycles. The highest BCUT2D eigenvalue weighted by atomic mass is 79.9. The van der Waals surface area contributed by atoms with Crippen molar-refractivity contribution in [2.75, 3.05) is 19.0 Å². The number of sulfone groups is 1. The van der Waals surface area contributed by atoms with E-state index in [1.165, 1.54) is 6.08 Å². The van der Waals surface area contributed by atoms with Crippen LogP contribution in [0.15, 0.2) is 82.7 Å². The fourth-order valence-electron chi connectivity index (χ4n) is 3.04. The van der Waals surface area contributed by atoms with E-state index < -0.39 is 15.1 Å². The van der Waals surface area contributed by atoms with Crippen molar-refractivity contribution in [3.63, 3.8) is 0 Å². The molecule has 0 aliphatic carbocycles. The van der Waals surface area contributed by atoms with Crippen LogP contribution in [0.2, 0.25) is 0 Å². The van der Waals surface area contributed by atoms with Crippen molar-refractivity contribution in [2.24, 2.45) is 0 Å². The number of rotatable bonds is 5. The van der Waals surface area contributed by atoms with Crippen molar-refractivity contribution in [1.29, 1.82) is 0 Å². The SMILES string of the molecule is C=CC(c1cccc2ccccc12)S(=O)(=O)c1cc(Br)cc(N(C)C)c1. The predicted molar refractivity (Wildman–Crippen MR) is 113 cm³/mol. The van der Waals surface area contributed by atoms with Crippen LogP contribution in [0.3, 0.4) is 0 Å². The van der Waals surface area contributed by atoms with Crippen LogP contribution < -0.4 is 4.90 Å². The van der Waals surface area contributed by atoms with E-state index >= 15 is 0 Å². The zero-order valence-electron chi connectivity index (χ0n) is 14.7. The summed E-state index contributed by atoms with van der Waals surface area (Å²) in [5, 5.41) is 1.11. The molecule has 5 heteroatoms. The Hall–Kier alpha value is -2.11. The molecule has 0 N–H and O–H groups in total. The molecule has 134 valence electrons. The van der Waals surface area contributed by atoms with Gasteiger partial charge in [0, 0.05) is 24.3 Å². The Morgan fingerprint density at radius 3 is 2.42 bits per heavy atom. The van der Waals surface area contributed by atoms with Crippen LogP contribution in [0.5, 0.6) is 0 Å². The van der Waals surface area contributed by atoms with Crippen molar-refractivity contribution >= 4 is 42.2 Å². The minimum atomic E-state index is -3.65. The number of nitrogens with zero attached hydrogens (tertiary/aromatic N) is 1. The summed E-state index contributed by atoms with van der Waals surface area (Å²) in [4.78, 5) is 2.15. The number of anilines is 1. The lowest BCUT2D eigenvalue weighted by Gasteiger charge is -2.19. The first-order valence-corrected chi connectivity index (χ1v) is 10.5. The van der Waals surface area contributed by atoms with Crippen LogP contribution in [-0.2, 0) is 9.84 Å². The molecule has 0 aliphatic rings. The molecule has 0 fully saturated rings. The maximum atomic E-state index is 13.4. The maximum absolute atomic E-state index is 13.4. The highest BCUT2D eigenvalue weighted by Crippen LogP contribution is 2.36. The van der Waals surface area contributed by atoms with E-state index in [4.69, 9.17) is 0 Å². The summed E-state index contributed by atoms with van der Waals surface area (Å²) in [5.41, 5.74) is 1.56. The topological polar surface area (TPSA) is 37.4 Å². The second-order valence-electron chi connectivity index (χ2n) is 6.31. The summed E-state index contributed by atoms with van der Waals surface area (Å²) < 4.78 is 27.6. The van der Waals surface area contributed by atoms with Crippen molar-refractivity contribution in [2.45, 2.75) is 10.1 Å². The summed E-state index contributed by atoms with van der Waals surface area (Å²) in [6, 6.07) is 18.7. The summed E-state index contributed by atoms with van der Waals surface area (Å²) in [6.45, 7) is 3.81. The van der Waals surface area contributed by atoms with E-state index in [0.29, 0.717) is 0 Å². The molecule has 0 amide bonds. The van der Waals surface area contributed by atoms with Gasteiger partial charge in [0.1, 0.15) is 5.25 Å². The third-order valence-electron chi connectivity index (χ3n) is 4.38. The van der Waals surface area contributed by atoms with Crippen molar-refractivity contribution in [3.8, 4) is 0 Å². The molecule has 0 saturated carbocycles. The number of hydrogen-bond acceptors (Lipinski definition) is 3. The summed E-state index contributed by atoms with van der Waals surface area (Å²) in [6.07, 6.45) is 1.51. The lowest BCUT2D eigenvalue weighted by Crippen LogP contribution is -2.14. The van der Waals surface area contributed by atoms with Gasteiger partial charge in [-0.25, -0.2) is 8.42 Å². The van der Waals surface area contributed by atoms with Crippen LogP contribution in [0, 0.1) is 0 Å². The third-order valence-corrected chi connectivity index (χ3v) is 6.84. The van der Waals surface area contributed by atoms with Gasteiger partial charge in [0.2, 0.25) is 0 Å². The number of halogens is 1. The molecular formula is C21H20BrNO2S. The molecule has 0 heterocycles. The number of hydrogen-bond donors (Lipinski definition) is 0. The molecule has 3 aromatic carbocycles. The standard InChI is InChI=1S/C21H20BrNO2S/c1-4-21(20-11-7-9-15-8-5-6-10-19(15)20)26(24,25)18-13-16(22)12-17(14-18)23(2)3/h4-14,21H,1H2,2-3H3. The van der Waals surface area contributed by atoms with Crippen LogP contribution >= 0.6 is 15.9 Å². The average molecular weight is 430 g/mol. The van der Waals surface area contributed by atoms with Gasteiger partial charge >= 0.3 is 0 Å². The summed E-state index contributed by atoms with van der Waals surface area (Å²) in [7, 11) is 0.117. The van der Waals surface area contributed by atoms with Gasteiger partial charge in [0.15, 0.2) is 9.84 Å². The van der Waals surface area contributed by atoms with Crippen LogP contribution in [0.4, 0.5) is 5.69 Å². The third kappa shape index (κ3) is 3.41. The van der Waals surface area contributed by atoms with Gasteiger partial charge in [0.25, 0.3) is 0 Å². The molecule has 3 aromatic rings. The molecule has 0 bridgehead atoms.